The largest absolute Gasteiger partial charge is 0.383 e. The predicted molar refractivity (Wildman–Crippen MR) is 78.6 cm³/mol. The van der Waals surface area contributed by atoms with Crippen molar-refractivity contribution in [3.63, 3.8) is 0 Å². The van der Waals surface area contributed by atoms with Crippen LogP contribution in [-0.4, -0.2) is 31.5 Å². The van der Waals surface area contributed by atoms with Crippen molar-refractivity contribution < 1.29 is 9.53 Å². The van der Waals surface area contributed by atoms with E-state index in [1.165, 1.54) is 11.1 Å². The molecule has 1 unspecified atom stereocenters. The van der Waals surface area contributed by atoms with Gasteiger partial charge in [-0.3, -0.25) is 4.79 Å². The molecule has 1 aromatic carbocycles. The Labute approximate surface area is 120 Å². The Morgan fingerprint density at radius 3 is 2.63 bits per heavy atom. The smallest absolute Gasteiger partial charge is 0.220 e. The van der Waals surface area contributed by atoms with E-state index in [0.29, 0.717) is 18.9 Å². The Bertz CT molecular complexity index is 372. The van der Waals surface area contributed by atoms with Crippen LogP contribution in [0.15, 0.2) is 24.3 Å². The van der Waals surface area contributed by atoms with E-state index in [0.717, 1.165) is 12.8 Å². The number of alkyl halides is 1. The quantitative estimate of drug-likeness (QED) is 0.745. The van der Waals surface area contributed by atoms with Crippen molar-refractivity contribution in [2.24, 2.45) is 0 Å². The second-order valence-electron chi connectivity index (χ2n) is 4.68. The average Bonchev–Trinajstić information content (AvgIpc) is 2.39. The molecule has 0 aromatic heterocycles. The van der Waals surface area contributed by atoms with E-state index in [4.69, 9.17) is 16.3 Å². The zero-order valence-electron chi connectivity index (χ0n) is 11.6. The second-order valence-corrected chi connectivity index (χ2v) is 5.06. The lowest BCUT2D eigenvalue weighted by Gasteiger charge is -2.16. The molecular weight excluding hydrogens is 262 g/mol. The number of carbonyl (C=O) groups is 1. The zero-order chi connectivity index (χ0) is 14.1. The Balaban J connectivity index is 2.35. The number of aryl methyl sites for hydroxylation is 2. The number of halogens is 1. The first-order valence-corrected chi connectivity index (χ1v) is 7.09. The van der Waals surface area contributed by atoms with Crippen LogP contribution in [0.5, 0.6) is 0 Å². The number of hydrogen-bond donors (Lipinski definition) is 1. The highest BCUT2D eigenvalue weighted by Gasteiger charge is 2.11. The van der Waals surface area contributed by atoms with Crippen LogP contribution >= 0.6 is 11.6 Å². The van der Waals surface area contributed by atoms with Crippen molar-refractivity contribution in [1.29, 1.82) is 0 Å². The van der Waals surface area contributed by atoms with Crippen molar-refractivity contribution >= 4 is 17.5 Å². The summed E-state index contributed by atoms with van der Waals surface area (Å²) < 4.78 is 5.06. The highest BCUT2D eigenvalue weighted by Crippen LogP contribution is 2.06. The topological polar surface area (TPSA) is 38.3 Å². The van der Waals surface area contributed by atoms with Crippen molar-refractivity contribution in [2.45, 2.75) is 32.2 Å². The van der Waals surface area contributed by atoms with Gasteiger partial charge in [-0.25, -0.2) is 0 Å². The monoisotopic (exact) mass is 283 g/mol. The molecule has 0 aliphatic rings. The van der Waals surface area contributed by atoms with Crippen LogP contribution in [0.3, 0.4) is 0 Å². The lowest BCUT2D eigenvalue weighted by molar-refractivity contribution is -0.122. The normalized spacial score (nSPS) is 12.2. The van der Waals surface area contributed by atoms with E-state index in [1.54, 1.807) is 7.11 Å². The first kappa shape index (κ1) is 16.0. The van der Waals surface area contributed by atoms with Crippen molar-refractivity contribution in [2.75, 3.05) is 19.6 Å². The van der Waals surface area contributed by atoms with Crippen LogP contribution in [0.4, 0.5) is 0 Å². The van der Waals surface area contributed by atoms with Gasteiger partial charge in [0.2, 0.25) is 5.91 Å². The van der Waals surface area contributed by atoms with Gasteiger partial charge in [-0.2, -0.15) is 0 Å². The Morgan fingerprint density at radius 1 is 1.37 bits per heavy atom. The molecule has 0 saturated heterocycles. The van der Waals surface area contributed by atoms with E-state index in [1.807, 2.05) is 0 Å². The van der Waals surface area contributed by atoms with Gasteiger partial charge in [0, 0.05) is 19.4 Å². The number of amides is 1. The average molecular weight is 284 g/mol. The molecular formula is C15H22ClNO2. The fourth-order valence-corrected chi connectivity index (χ4v) is 2.11. The Hall–Kier alpha value is -1.06. The van der Waals surface area contributed by atoms with Crippen LogP contribution in [0, 0.1) is 6.92 Å². The van der Waals surface area contributed by atoms with E-state index >= 15 is 0 Å². The molecule has 1 amide bonds. The number of carbonyl (C=O) groups excluding carboxylic acids is 1. The minimum Gasteiger partial charge on any atom is -0.383 e. The molecule has 106 valence electrons. The summed E-state index contributed by atoms with van der Waals surface area (Å²) in [7, 11) is 1.62. The standard InChI is InChI=1S/C15H22ClNO2/c1-12-3-5-13(6-4-12)7-8-15(18)17-14(9-10-16)11-19-2/h3-6,14H,7-11H2,1-2H3,(H,17,18). The molecule has 19 heavy (non-hydrogen) atoms. The summed E-state index contributed by atoms with van der Waals surface area (Å²) in [6.45, 7) is 2.56. The summed E-state index contributed by atoms with van der Waals surface area (Å²) in [6, 6.07) is 8.26. The molecule has 0 spiro atoms. The maximum Gasteiger partial charge on any atom is 0.220 e. The molecule has 0 bridgehead atoms. The van der Waals surface area contributed by atoms with Gasteiger partial charge in [0.1, 0.15) is 0 Å². The third-order valence-electron chi connectivity index (χ3n) is 2.95. The molecule has 0 saturated carbocycles. The first-order chi connectivity index (χ1) is 9.15. The maximum absolute atomic E-state index is 11.8. The summed E-state index contributed by atoms with van der Waals surface area (Å²) >= 11 is 5.70. The molecule has 0 radical (unpaired) electrons. The van der Waals surface area contributed by atoms with E-state index in [9.17, 15) is 4.79 Å². The number of benzene rings is 1. The minimum absolute atomic E-state index is 0.00742. The molecule has 0 heterocycles. The number of ether oxygens (including phenoxy) is 1. The fourth-order valence-electron chi connectivity index (χ4n) is 1.84. The summed E-state index contributed by atoms with van der Waals surface area (Å²) in [5.41, 5.74) is 2.41. The van der Waals surface area contributed by atoms with E-state index < -0.39 is 0 Å². The van der Waals surface area contributed by atoms with Crippen LogP contribution in [0.25, 0.3) is 0 Å². The summed E-state index contributed by atoms with van der Waals surface area (Å²) in [6.07, 6.45) is 1.98. The number of rotatable bonds is 8. The van der Waals surface area contributed by atoms with Gasteiger partial charge in [0.05, 0.1) is 12.6 Å². The van der Waals surface area contributed by atoms with Crippen molar-refractivity contribution in [3.05, 3.63) is 35.4 Å². The second kappa shape index (κ2) is 8.94. The van der Waals surface area contributed by atoms with Crippen LogP contribution < -0.4 is 5.32 Å². The third kappa shape index (κ3) is 6.60. The predicted octanol–water partition coefficient (Wildman–Crippen LogP) is 2.69. The molecule has 1 rings (SSSR count). The summed E-state index contributed by atoms with van der Waals surface area (Å²) in [4.78, 5) is 11.8. The molecule has 3 nitrogen and oxygen atoms in total. The molecule has 0 aliphatic heterocycles. The SMILES string of the molecule is COCC(CCCl)NC(=O)CCc1ccc(C)cc1. The van der Waals surface area contributed by atoms with Gasteiger partial charge >= 0.3 is 0 Å². The van der Waals surface area contributed by atoms with Gasteiger partial charge in [0.25, 0.3) is 0 Å². The lowest BCUT2D eigenvalue weighted by Crippen LogP contribution is -2.38. The van der Waals surface area contributed by atoms with Crippen LogP contribution in [0.1, 0.15) is 24.0 Å². The van der Waals surface area contributed by atoms with E-state index in [-0.39, 0.29) is 11.9 Å². The minimum atomic E-state index is 0.00742. The molecule has 1 atom stereocenters. The zero-order valence-corrected chi connectivity index (χ0v) is 12.4. The molecule has 1 aromatic rings. The van der Waals surface area contributed by atoms with Gasteiger partial charge in [-0.1, -0.05) is 29.8 Å². The van der Waals surface area contributed by atoms with Crippen LogP contribution in [0.2, 0.25) is 0 Å². The molecule has 0 fully saturated rings. The Morgan fingerprint density at radius 2 is 2.05 bits per heavy atom. The third-order valence-corrected chi connectivity index (χ3v) is 3.17. The highest BCUT2D eigenvalue weighted by molar-refractivity contribution is 6.17. The van der Waals surface area contributed by atoms with Gasteiger partial charge in [-0.15, -0.1) is 11.6 Å². The fraction of sp³-hybridized carbons (Fsp3) is 0.533. The molecule has 4 heteroatoms. The Kier molecular flexibility index (Phi) is 7.53. The molecule has 0 aliphatic carbocycles. The summed E-state index contributed by atoms with van der Waals surface area (Å²) in [5.74, 6) is 0.569. The number of hydrogen-bond acceptors (Lipinski definition) is 2. The van der Waals surface area contributed by atoms with Gasteiger partial charge in [0.15, 0.2) is 0 Å². The first-order valence-electron chi connectivity index (χ1n) is 6.55. The van der Waals surface area contributed by atoms with Crippen molar-refractivity contribution in [3.8, 4) is 0 Å². The number of methoxy groups -OCH3 is 1. The maximum atomic E-state index is 11.8. The highest BCUT2D eigenvalue weighted by atomic mass is 35.5. The molecule has 1 N–H and O–H groups in total. The number of nitrogens with one attached hydrogen (secondary N) is 1. The summed E-state index contributed by atoms with van der Waals surface area (Å²) in [5, 5.41) is 2.95. The van der Waals surface area contributed by atoms with Crippen LogP contribution in [-0.2, 0) is 16.0 Å². The lowest BCUT2D eigenvalue weighted by atomic mass is 10.1. The van der Waals surface area contributed by atoms with Crippen molar-refractivity contribution in [1.82, 2.24) is 5.32 Å². The van der Waals surface area contributed by atoms with Gasteiger partial charge < -0.3 is 10.1 Å². The van der Waals surface area contributed by atoms with E-state index in [2.05, 4.69) is 36.5 Å². The van der Waals surface area contributed by atoms with Gasteiger partial charge in [-0.05, 0) is 25.3 Å².